The van der Waals surface area contributed by atoms with Gasteiger partial charge >= 0.3 is 5.97 Å². The van der Waals surface area contributed by atoms with E-state index in [0.29, 0.717) is 25.7 Å². The van der Waals surface area contributed by atoms with Crippen LogP contribution in [0.15, 0.2) is 24.3 Å². The van der Waals surface area contributed by atoms with Crippen molar-refractivity contribution in [1.29, 1.82) is 0 Å². The standard InChI is InChI=1S/C19H24N2O4/c22-16(20-19(18(24)25)11-5-1-2-6-12-19)13-21-15-8-4-3-7-14(15)9-10-17(21)23/h3-4,7-8H,1-2,5-6,9-13H2,(H,20,22)(H,24,25). The zero-order chi connectivity index (χ0) is 17.9. The molecule has 0 atom stereocenters. The van der Waals surface area contributed by atoms with Gasteiger partial charge < -0.3 is 15.3 Å². The summed E-state index contributed by atoms with van der Waals surface area (Å²) in [6, 6.07) is 7.54. The molecule has 0 bridgehead atoms. The molecule has 1 aromatic carbocycles. The van der Waals surface area contributed by atoms with E-state index in [-0.39, 0.29) is 12.5 Å². The van der Waals surface area contributed by atoms with Crippen molar-refractivity contribution < 1.29 is 19.5 Å². The normalized spacial score (nSPS) is 19.7. The lowest BCUT2D eigenvalue weighted by atomic mass is 9.90. The minimum Gasteiger partial charge on any atom is -0.480 e. The predicted molar refractivity (Wildman–Crippen MR) is 93.3 cm³/mol. The lowest BCUT2D eigenvalue weighted by Crippen LogP contribution is -2.57. The maximum absolute atomic E-state index is 12.6. The van der Waals surface area contributed by atoms with Crippen LogP contribution in [0.1, 0.15) is 50.5 Å². The number of nitrogens with zero attached hydrogens (tertiary/aromatic N) is 1. The summed E-state index contributed by atoms with van der Waals surface area (Å²) in [6.07, 6.45) is 5.49. The van der Waals surface area contributed by atoms with Crippen LogP contribution in [0, 0.1) is 0 Å². The Kier molecular flexibility index (Phi) is 5.06. The molecular weight excluding hydrogens is 320 g/mol. The smallest absolute Gasteiger partial charge is 0.329 e. The summed E-state index contributed by atoms with van der Waals surface area (Å²) >= 11 is 0. The summed E-state index contributed by atoms with van der Waals surface area (Å²) in [7, 11) is 0. The number of carboxylic acid groups (broad SMARTS) is 1. The summed E-state index contributed by atoms with van der Waals surface area (Å²) in [5.74, 6) is -1.48. The fraction of sp³-hybridized carbons (Fsp3) is 0.526. The highest BCUT2D eigenvalue weighted by Gasteiger charge is 2.40. The van der Waals surface area contributed by atoms with Crippen molar-refractivity contribution in [3.05, 3.63) is 29.8 Å². The molecule has 1 saturated carbocycles. The van der Waals surface area contributed by atoms with Crippen molar-refractivity contribution in [3.8, 4) is 0 Å². The van der Waals surface area contributed by atoms with Gasteiger partial charge in [-0.2, -0.15) is 0 Å². The molecule has 6 heteroatoms. The first kappa shape index (κ1) is 17.5. The van der Waals surface area contributed by atoms with E-state index in [1.807, 2.05) is 24.3 Å². The van der Waals surface area contributed by atoms with E-state index in [9.17, 15) is 19.5 Å². The second-order valence-corrected chi connectivity index (χ2v) is 6.96. The minimum atomic E-state index is -1.20. The quantitative estimate of drug-likeness (QED) is 0.820. The highest BCUT2D eigenvalue weighted by molar-refractivity contribution is 6.01. The predicted octanol–water partition coefficient (Wildman–Crippen LogP) is 2.26. The lowest BCUT2D eigenvalue weighted by Gasteiger charge is -2.32. The number of carboxylic acids is 1. The molecule has 0 spiro atoms. The Bertz CT molecular complexity index is 678. The highest BCUT2D eigenvalue weighted by atomic mass is 16.4. The van der Waals surface area contributed by atoms with Gasteiger partial charge in [0.2, 0.25) is 11.8 Å². The minimum absolute atomic E-state index is 0.0981. The monoisotopic (exact) mass is 344 g/mol. The molecular formula is C19H24N2O4. The molecule has 3 rings (SSSR count). The SMILES string of the molecule is O=C(CN1C(=O)CCc2ccccc21)NC1(C(=O)O)CCCCCC1. The molecule has 25 heavy (non-hydrogen) atoms. The van der Waals surface area contributed by atoms with Gasteiger partial charge in [-0.3, -0.25) is 9.59 Å². The van der Waals surface area contributed by atoms with Crippen LogP contribution in [0.4, 0.5) is 5.69 Å². The van der Waals surface area contributed by atoms with E-state index >= 15 is 0 Å². The van der Waals surface area contributed by atoms with Crippen LogP contribution < -0.4 is 10.2 Å². The third kappa shape index (κ3) is 3.67. The summed E-state index contributed by atoms with van der Waals surface area (Å²) in [6.45, 7) is -0.134. The van der Waals surface area contributed by atoms with Crippen LogP contribution in [-0.2, 0) is 20.8 Å². The van der Waals surface area contributed by atoms with Gasteiger partial charge in [-0.05, 0) is 30.9 Å². The summed E-state index contributed by atoms with van der Waals surface area (Å²) in [4.78, 5) is 38.2. The fourth-order valence-electron chi connectivity index (χ4n) is 3.84. The van der Waals surface area contributed by atoms with Crippen LogP contribution in [0.2, 0.25) is 0 Å². The van der Waals surface area contributed by atoms with Gasteiger partial charge in [-0.25, -0.2) is 4.79 Å². The Morgan fingerprint density at radius 2 is 1.76 bits per heavy atom. The van der Waals surface area contributed by atoms with Gasteiger partial charge in [0, 0.05) is 12.1 Å². The summed E-state index contributed by atoms with van der Waals surface area (Å²) < 4.78 is 0. The Morgan fingerprint density at radius 1 is 1.08 bits per heavy atom. The lowest BCUT2D eigenvalue weighted by molar-refractivity contribution is -0.148. The molecule has 2 N–H and O–H groups in total. The van der Waals surface area contributed by atoms with E-state index in [1.54, 1.807) is 0 Å². The summed E-state index contributed by atoms with van der Waals surface area (Å²) in [5, 5.41) is 12.4. The molecule has 6 nitrogen and oxygen atoms in total. The van der Waals surface area contributed by atoms with Gasteiger partial charge in [0.1, 0.15) is 12.1 Å². The molecule has 0 aromatic heterocycles. The molecule has 1 heterocycles. The molecule has 0 unspecified atom stereocenters. The van der Waals surface area contributed by atoms with Gasteiger partial charge in [0.25, 0.3) is 0 Å². The Balaban J connectivity index is 1.75. The van der Waals surface area contributed by atoms with Crippen LogP contribution in [0.5, 0.6) is 0 Å². The largest absolute Gasteiger partial charge is 0.480 e. The number of nitrogens with one attached hydrogen (secondary N) is 1. The zero-order valence-corrected chi connectivity index (χ0v) is 14.3. The molecule has 1 fully saturated rings. The van der Waals surface area contributed by atoms with Crippen molar-refractivity contribution in [1.82, 2.24) is 5.32 Å². The Labute approximate surface area is 147 Å². The molecule has 134 valence electrons. The van der Waals surface area contributed by atoms with E-state index in [1.165, 1.54) is 4.90 Å². The number of para-hydroxylation sites is 1. The Morgan fingerprint density at radius 3 is 2.44 bits per heavy atom. The first-order valence-electron chi connectivity index (χ1n) is 8.94. The van der Waals surface area contributed by atoms with E-state index < -0.39 is 17.4 Å². The Hall–Kier alpha value is -2.37. The molecule has 1 aliphatic heterocycles. The van der Waals surface area contributed by atoms with Crippen molar-refractivity contribution in [2.75, 3.05) is 11.4 Å². The number of carbonyl (C=O) groups is 3. The maximum Gasteiger partial charge on any atom is 0.329 e. The number of fused-ring (bicyclic) bond motifs is 1. The van der Waals surface area contributed by atoms with Crippen LogP contribution >= 0.6 is 0 Å². The molecule has 2 amide bonds. The number of benzene rings is 1. The number of amides is 2. The number of hydrogen-bond acceptors (Lipinski definition) is 3. The topological polar surface area (TPSA) is 86.7 Å². The number of aryl methyl sites for hydroxylation is 1. The molecule has 1 aliphatic carbocycles. The van der Waals surface area contributed by atoms with Crippen molar-refractivity contribution in [2.24, 2.45) is 0 Å². The number of carbonyl (C=O) groups excluding carboxylic acids is 2. The number of anilines is 1. The van der Waals surface area contributed by atoms with Gasteiger partial charge in [-0.15, -0.1) is 0 Å². The highest BCUT2D eigenvalue weighted by Crippen LogP contribution is 2.29. The number of hydrogen-bond donors (Lipinski definition) is 2. The van der Waals surface area contributed by atoms with Gasteiger partial charge in [-0.1, -0.05) is 43.9 Å². The van der Waals surface area contributed by atoms with E-state index in [0.717, 1.165) is 36.9 Å². The molecule has 2 aliphatic rings. The van der Waals surface area contributed by atoms with E-state index in [2.05, 4.69) is 5.32 Å². The second-order valence-electron chi connectivity index (χ2n) is 6.96. The first-order chi connectivity index (χ1) is 12.0. The summed E-state index contributed by atoms with van der Waals surface area (Å²) in [5.41, 5.74) is 0.586. The average Bonchev–Trinajstić information content (AvgIpc) is 2.84. The number of rotatable bonds is 4. The third-order valence-electron chi connectivity index (χ3n) is 5.24. The van der Waals surface area contributed by atoms with Gasteiger partial charge in [0.15, 0.2) is 0 Å². The van der Waals surface area contributed by atoms with Crippen LogP contribution in [0.3, 0.4) is 0 Å². The maximum atomic E-state index is 12.6. The molecule has 1 aromatic rings. The van der Waals surface area contributed by atoms with Crippen LogP contribution in [-0.4, -0.2) is 35.0 Å². The third-order valence-corrected chi connectivity index (χ3v) is 5.24. The molecule has 0 radical (unpaired) electrons. The van der Waals surface area contributed by atoms with E-state index in [4.69, 9.17) is 0 Å². The van der Waals surface area contributed by atoms with Crippen molar-refractivity contribution >= 4 is 23.5 Å². The van der Waals surface area contributed by atoms with Gasteiger partial charge in [0.05, 0.1) is 0 Å². The zero-order valence-electron chi connectivity index (χ0n) is 14.3. The fourth-order valence-corrected chi connectivity index (χ4v) is 3.84. The number of aliphatic carboxylic acids is 1. The van der Waals surface area contributed by atoms with Crippen molar-refractivity contribution in [2.45, 2.75) is 56.9 Å². The molecule has 0 saturated heterocycles. The average molecular weight is 344 g/mol. The second kappa shape index (κ2) is 7.25. The first-order valence-corrected chi connectivity index (χ1v) is 8.94. The van der Waals surface area contributed by atoms with Crippen LogP contribution in [0.25, 0.3) is 0 Å². The van der Waals surface area contributed by atoms with Crippen molar-refractivity contribution in [3.63, 3.8) is 0 Å².